The summed E-state index contributed by atoms with van der Waals surface area (Å²) in [5, 5.41) is 9.78. The first kappa shape index (κ1) is 14.3. The summed E-state index contributed by atoms with van der Waals surface area (Å²) in [7, 11) is 1.68. The molecule has 4 heteroatoms. The van der Waals surface area contributed by atoms with Gasteiger partial charge >= 0.3 is 0 Å². The molecule has 17 heavy (non-hydrogen) atoms. The molecular formula is C13H19ClO3. The van der Waals surface area contributed by atoms with Crippen LogP contribution >= 0.6 is 11.6 Å². The van der Waals surface area contributed by atoms with Crippen LogP contribution in [-0.2, 0) is 11.3 Å². The van der Waals surface area contributed by atoms with E-state index < -0.39 is 0 Å². The number of halogens is 1. The van der Waals surface area contributed by atoms with E-state index in [4.69, 9.17) is 21.1 Å². The smallest absolute Gasteiger partial charge is 0.124 e. The van der Waals surface area contributed by atoms with Gasteiger partial charge in [-0.05, 0) is 32.0 Å². The molecule has 0 radical (unpaired) electrons. The van der Waals surface area contributed by atoms with Crippen molar-refractivity contribution in [2.45, 2.75) is 32.5 Å². The molecule has 0 spiro atoms. The minimum Gasteiger partial charge on any atom is -0.493 e. The third-order valence-electron chi connectivity index (χ3n) is 2.71. The largest absolute Gasteiger partial charge is 0.493 e. The standard InChI is InChI=1S/C13H19ClO3/c1-13(2,16-3)6-7-17-12-5-4-11(14)8-10(12)9-15/h4-5,8,15H,6-7,9H2,1-3H3. The molecule has 1 aromatic carbocycles. The van der Waals surface area contributed by atoms with E-state index in [0.717, 1.165) is 6.42 Å². The first-order valence-electron chi connectivity index (χ1n) is 5.56. The summed E-state index contributed by atoms with van der Waals surface area (Å²) >= 11 is 5.84. The molecule has 0 bridgehead atoms. The van der Waals surface area contributed by atoms with Crippen LogP contribution in [0.4, 0.5) is 0 Å². The molecule has 0 amide bonds. The minimum absolute atomic E-state index is 0.0798. The fourth-order valence-corrected chi connectivity index (χ4v) is 1.52. The van der Waals surface area contributed by atoms with Crippen LogP contribution in [0.5, 0.6) is 5.75 Å². The molecule has 0 aliphatic carbocycles. The van der Waals surface area contributed by atoms with E-state index in [2.05, 4.69) is 0 Å². The van der Waals surface area contributed by atoms with Crippen molar-refractivity contribution in [2.24, 2.45) is 0 Å². The quantitative estimate of drug-likeness (QED) is 0.852. The maximum Gasteiger partial charge on any atom is 0.124 e. The van der Waals surface area contributed by atoms with E-state index in [1.807, 2.05) is 13.8 Å². The van der Waals surface area contributed by atoms with Crippen molar-refractivity contribution >= 4 is 11.6 Å². The van der Waals surface area contributed by atoms with Gasteiger partial charge in [-0.15, -0.1) is 0 Å². The van der Waals surface area contributed by atoms with E-state index in [0.29, 0.717) is 22.9 Å². The normalized spacial score (nSPS) is 11.6. The summed E-state index contributed by atoms with van der Waals surface area (Å²) in [6, 6.07) is 5.23. The van der Waals surface area contributed by atoms with Crippen LogP contribution in [0.15, 0.2) is 18.2 Å². The first-order chi connectivity index (χ1) is 7.98. The molecule has 0 saturated heterocycles. The summed E-state index contributed by atoms with van der Waals surface area (Å²) in [4.78, 5) is 0. The Bertz CT molecular complexity index is 364. The minimum atomic E-state index is -0.203. The highest BCUT2D eigenvalue weighted by molar-refractivity contribution is 6.30. The topological polar surface area (TPSA) is 38.7 Å². The third kappa shape index (κ3) is 4.54. The van der Waals surface area contributed by atoms with E-state index in [9.17, 15) is 5.11 Å². The average molecular weight is 259 g/mol. The van der Waals surface area contributed by atoms with Gasteiger partial charge in [0.1, 0.15) is 5.75 Å². The van der Waals surface area contributed by atoms with E-state index >= 15 is 0 Å². The number of aliphatic hydroxyl groups is 1. The Balaban J connectivity index is 2.57. The Labute approximate surface area is 107 Å². The first-order valence-corrected chi connectivity index (χ1v) is 5.93. The summed E-state index contributed by atoms with van der Waals surface area (Å²) in [5.41, 5.74) is 0.499. The lowest BCUT2D eigenvalue weighted by molar-refractivity contribution is 0.00530. The highest BCUT2D eigenvalue weighted by Gasteiger charge is 2.16. The predicted octanol–water partition coefficient (Wildman–Crippen LogP) is 3.03. The Hall–Kier alpha value is -0.770. The van der Waals surface area contributed by atoms with Crippen molar-refractivity contribution in [1.82, 2.24) is 0 Å². The zero-order valence-electron chi connectivity index (χ0n) is 10.5. The molecule has 0 aliphatic heterocycles. The van der Waals surface area contributed by atoms with E-state index in [-0.39, 0.29) is 12.2 Å². The molecule has 1 aromatic rings. The number of aliphatic hydroxyl groups excluding tert-OH is 1. The fraction of sp³-hybridized carbons (Fsp3) is 0.538. The third-order valence-corrected chi connectivity index (χ3v) is 2.94. The number of methoxy groups -OCH3 is 1. The molecule has 0 aliphatic rings. The van der Waals surface area contributed by atoms with Crippen molar-refractivity contribution in [3.8, 4) is 5.75 Å². The predicted molar refractivity (Wildman–Crippen MR) is 68.6 cm³/mol. The van der Waals surface area contributed by atoms with Gasteiger partial charge in [-0.3, -0.25) is 0 Å². The summed E-state index contributed by atoms with van der Waals surface area (Å²) in [6.07, 6.45) is 0.775. The number of hydrogen-bond acceptors (Lipinski definition) is 3. The van der Waals surface area contributed by atoms with Crippen molar-refractivity contribution < 1.29 is 14.6 Å². The number of rotatable bonds is 6. The second-order valence-corrected chi connectivity index (χ2v) is 4.91. The maximum absolute atomic E-state index is 9.18. The highest BCUT2D eigenvalue weighted by atomic mass is 35.5. The Kier molecular flexibility index (Phi) is 5.25. The van der Waals surface area contributed by atoms with E-state index in [1.165, 1.54) is 0 Å². The van der Waals surface area contributed by atoms with Crippen molar-refractivity contribution in [3.05, 3.63) is 28.8 Å². The van der Waals surface area contributed by atoms with Crippen LogP contribution in [0.3, 0.4) is 0 Å². The highest BCUT2D eigenvalue weighted by Crippen LogP contribution is 2.23. The lowest BCUT2D eigenvalue weighted by atomic mass is 10.1. The van der Waals surface area contributed by atoms with Crippen LogP contribution in [0, 0.1) is 0 Å². The van der Waals surface area contributed by atoms with Gasteiger partial charge in [-0.1, -0.05) is 11.6 Å². The van der Waals surface area contributed by atoms with Gasteiger partial charge in [0.15, 0.2) is 0 Å². The monoisotopic (exact) mass is 258 g/mol. The number of hydrogen-bond donors (Lipinski definition) is 1. The molecule has 0 atom stereocenters. The fourth-order valence-electron chi connectivity index (χ4n) is 1.32. The van der Waals surface area contributed by atoms with Gasteiger partial charge in [-0.2, -0.15) is 0 Å². The van der Waals surface area contributed by atoms with Crippen LogP contribution in [0.2, 0.25) is 5.02 Å². The summed E-state index contributed by atoms with van der Waals surface area (Å²) < 4.78 is 10.9. The van der Waals surface area contributed by atoms with Crippen LogP contribution in [0.1, 0.15) is 25.8 Å². The Morgan fingerprint density at radius 1 is 1.35 bits per heavy atom. The van der Waals surface area contributed by atoms with Gasteiger partial charge in [0, 0.05) is 24.1 Å². The molecule has 3 nitrogen and oxygen atoms in total. The zero-order chi connectivity index (χ0) is 12.9. The molecule has 0 unspecified atom stereocenters. The van der Waals surface area contributed by atoms with Crippen molar-refractivity contribution in [1.29, 1.82) is 0 Å². The lowest BCUT2D eigenvalue weighted by Crippen LogP contribution is -2.25. The Morgan fingerprint density at radius 3 is 2.65 bits per heavy atom. The molecule has 0 aromatic heterocycles. The molecular weight excluding hydrogens is 240 g/mol. The SMILES string of the molecule is COC(C)(C)CCOc1ccc(Cl)cc1CO. The molecule has 0 fully saturated rings. The summed E-state index contributed by atoms with van der Waals surface area (Å²) in [5.74, 6) is 0.670. The lowest BCUT2D eigenvalue weighted by Gasteiger charge is -2.23. The van der Waals surface area contributed by atoms with Crippen LogP contribution in [0.25, 0.3) is 0 Å². The zero-order valence-corrected chi connectivity index (χ0v) is 11.3. The molecule has 96 valence electrons. The molecule has 1 rings (SSSR count). The number of benzene rings is 1. The average Bonchev–Trinajstić information content (AvgIpc) is 2.30. The molecule has 0 saturated carbocycles. The van der Waals surface area contributed by atoms with Gasteiger partial charge in [0.05, 0.1) is 18.8 Å². The van der Waals surface area contributed by atoms with Crippen molar-refractivity contribution in [2.75, 3.05) is 13.7 Å². The summed E-state index contributed by atoms with van der Waals surface area (Å²) in [6.45, 7) is 4.47. The van der Waals surface area contributed by atoms with E-state index in [1.54, 1.807) is 25.3 Å². The van der Waals surface area contributed by atoms with Crippen molar-refractivity contribution in [3.63, 3.8) is 0 Å². The van der Waals surface area contributed by atoms with Gasteiger partial charge in [0.2, 0.25) is 0 Å². The molecule has 1 N–H and O–H groups in total. The maximum atomic E-state index is 9.18. The van der Waals surface area contributed by atoms with Gasteiger partial charge < -0.3 is 14.6 Å². The van der Waals surface area contributed by atoms with Crippen LogP contribution < -0.4 is 4.74 Å². The second kappa shape index (κ2) is 6.24. The number of ether oxygens (including phenoxy) is 2. The Morgan fingerprint density at radius 2 is 2.06 bits per heavy atom. The molecule has 0 heterocycles. The van der Waals surface area contributed by atoms with Gasteiger partial charge in [-0.25, -0.2) is 0 Å². The van der Waals surface area contributed by atoms with Crippen LogP contribution in [-0.4, -0.2) is 24.4 Å². The van der Waals surface area contributed by atoms with Gasteiger partial charge in [0.25, 0.3) is 0 Å². The second-order valence-electron chi connectivity index (χ2n) is 4.47.